The smallest absolute Gasteiger partial charge is 0.293 e. The Hall–Kier alpha value is -2.23. The van der Waals surface area contributed by atoms with E-state index in [9.17, 15) is 22.9 Å². The minimum absolute atomic E-state index is 0.118. The number of anilines is 1. The van der Waals surface area contributed by atoms with Crippen LogP contribution in [0.15, 0.2) is 41.3 Å². The summed E-state index contributed by atoms with van der Waals surface area (Å²) in [5.41, 5.74) is 0.263. The SMILES string of the molecule is CNS(=O)(=O)c1ccc(NC(C)c2ccc(F)cc2Cl)c([N+](=O)[O-])c1. The molecule has 134 valence electrons. The van der Waals surface area contributed by atoms with Gasteiger partial charge < -0.3 is 5.32 Å². The van der Waals surface area contributed by atoms with E-state index in [1.165, 1.54) is 31.3 Å². The highest BCUT2D eigenvalue weighted by Crippen LogP contribution is 2.32. The maximum atomic E-state index is 13.1. The van der Waals surface area contributed by atoms with Gasteiger partial charge >= 0.3 is 0 Å². The summed E-state index contributed by atoms with van der Waals surface area (Å²) in [4.78, 5) is 10.4. The zero-order chi connectivity index (χ0) is 18.8. The van der Waals surface area contributed by atoms with E-state index in [-0.39, 0.29) is 15.6 Å². The van der Waals surface area contributed by atoms with Crippen LogP contribution in [0.3, 0.4) is 0 Å². The third-order valence-electron chi connectivity index (χ3n) is 3.55. The lowest BCUT2D eigenvalue weighted by molar-refractivity contribution is -0.384. The van der Waals surface area contributed by atoms with Crippen molar-refractivity contribution in [3.8, 4) is 0 Å². The second-order valence-corrected chi connectivity index (χ2v) is 7.47. The van der Waals surface area contributed by atoms with Gasteiger partial charge in [0.15, 0.2) is 0 Å². The molecule has 2 aromatic carbocycles. The van der Waals surface area contributed by atoms with E-state index in [1.807, 2.05) is 0 Å². The molecule has 0 amide bonds. The first-order valence-electron chi connectivity index (χ1n) is 7.09. The number of nitro benzene ring substituents is 1. The van der Waals surface area contributed by atoms with Crippen LogP contribution in [-0.2, 0) is 10.0 Å². The maximum absolute atomic E-state index is 13.1. The van der Waals surface area contributed by atoms with Crippen LogP contribution in [0.4, 0.5) is 15.8 Å². The molecule has 0 fully saturated rings. The van der Waals surface area contributed by atoms with Crippen molar-refractivity contribution in [2.45, 2.75) is 17.9 Å². The van der Waals surface area contributed by atoms with Crippen molar-refractivity contribution in [3.05, 3.63) is 62.9 Å². The summed E-state index contributed by atoms with van der Waals surface area (Å²) in [5, 5.41) is 14.4. The van der Waals surface area contributed by atoms with Crippen LogP contribution >= 0.6 is 11.6 Å². The number of nitrogens with one attached hydrogen (secondary N) is 2. The molecule has 25 heavy (non-hydrogen) atoms. The molecule has 10 heteroatoms. The van der Waals surface area contributed by atoms with Crippen LogP contribution in [0.2, 0.25) is 5.02 Å². The lowest BCUT2D eigenvalue weighted by Crippen LogP contribution is -2.19. The molecule has 0 radical (unpaired) electrons. The third-order valence-corrected chi connectivity index (χ3v) is 5.29. The number of rotatable bonds is 6. The van der Waals surface area contributed by atoms with Crippen molar-refractivity contribution in [1.29, 1.82) is 0 Å². The lowest BCUT2D eigenvalue weighted by atomic mass is 10.1. The van der Waals surface area contributed by atoms with Crippen molar-refractivity contribution in [3.63, 3.8) is 0 Å². The molecule has 2 aromatic rings. The van der Waals surface area contributed by atoms with Crippen molar-refractivity contribution in [2.75, 3.05) is 12.4 Å². The fourth-order valence-electron chi connectivity index (χ4n) is 2.23. The topological polar surface area (TPSA) is 101 Å². The monoisotopic (exact) mass is 387 g/mol. The zero-order valence-electron chi connectivity index (χ0n) is 13.3. The van der Waals surface area contributed by atoms with E-state index >= 15 is 0 Å². The number of nitrogens with zero attached hydrogens (tertiary/aromatic N) is 1. The molecule has 0 spiro atoms. The highest BCUT2D eigenvalue weighted by molar-refractivity contribution is 7.89. The van der Waals surface area contributed by atoms with Gasteiger partial charge in [-0.05, 0) is 43.8 Å². The van der Waals surface area contributed by atoms with Crippen molar-refractivity contribution in [2.24, 2.45) is 0 Å². The van der Waals surface area contributed by atoms with Crippen LogP contribution < -0.4 is 10.0 Å². The Kier molecular flexibility index (Phi) is 5.61. The highest BCUT2D eigenvalue weighted by Gasteiger charge is 2.22. The lowest BCUT2D eigenvalue weighted by Gasteiger charge is -2.17. The maximum Gasteiger partial charge on any atom is 0.293 e. The van der Waals surface area contributed by atoms with Gasteiger partial charge in [-0.25, -0.2) is 17.5 Å². The number of sulfonamides is 1. The molecular weight excluding hydrogens is 373 g/mol. The molecule has 0 aliphatic rings. The van der Waals surface area contributed by atoms with E-state index in [4.69, 9.17) is 11.6 Å². The molecule has 0 saturated carbocycles. The summed E-state index contributed by atoms with van der Waals surface area (Å²) in [5.74, 6) is -0.492. The van der Waals surface area contributed by atoms with Gasteiger partial charge in [0.2, 0.25) is 10.0 Å². The Morgan fingerprint density at radius 3 is 2.48 bits per heavy atom. The van der Waals surface area contributed by atoms with Gasteiger partial charge in [-0.3, -0.25) is 10.1 Å². The Balaban J connectivity index is 2.40. The summed E-state index contributed by atoms with van der Waals surface area (Å²) in [7, 11) is -2.59. The summed E-state index contributed by atoms with van der Waals surface area (Å²) in [6.07, 6.45) is 0. The molecule has 0 aliphatic carbocycles. The van der Waals surface area contributed by atoms with Gasteiger partial charge in [-0.15, -0.1) is 0 Å². The molecular formula is C15H15ClFN3O4S. The predicted octanol–water partition coefficient (Wildman–Crippen LogP) is 3.47. The molecule has 0 heterocycles. The van der Waals surface area contributed by atoms with E-state index in [1.54, 1.807) is 6.92 Å². The summed E-state index contributed by atoms with van der Waals surface area (Å²) < 4.78 is 38.8. The first kappa shape index (κ1) is 19.1. The second-order valence-electron chi connectivity index (χ2n) is 5.18. The first-order valence-corrected chi connectivity index (χ1v) is 8.95. The Morgan fingerprint density at radius 2 is 1.92 bits per heavy atom. The Morgan fingerprint density at radius 1 is 1.24 bits per heavy atom. The summed E-state index contributed by atoms with van der Waals surface area (Å²) in [6, 6.07) is 6.89. The summed E-state index contributed by atoms with van der Waals surface area (Å²) in [6.45, 7) is 1.70. The average Bonchev–Trinajstić information content (AvgIpc) is 2.54. The fraction of sp³-hybridized carbons (Fsp3) is 0.200. The first-order chi connectivity index (χ1) is 11.7. The second kappa shape index (κ2) is 7.34. The molecule has 0 aliphatic heterocycles. The Bertz CT molecular complexity index is 921. The highest BCUT2D eigenvalue weighted by atomic mass is 35.5. The van der Waals surface area contributed by atoms with Crippen LogP contribution in [-0.4, -0.2) is 20.4 Å². The van der Waals surface area contributed by atoms with Crippen LogP contribution in [0.25, 0.3) is 0 Å². The molecule has 2 N–H and O–H groups in total. The van der Waals surface area contributed by atoms with Gasteiger partial charge in [-0.1, -0.05) is 17.7 Å². The molecule has 0 bridgehead atoms. The van der Waals surface area contributed by atoms with E-state index in [0.29, 0.717) is 5.56 Å². The van der Waals surface area contributed by atoms with Gasteiger partial charge in [-0.2, -0.15) is 0 Å². The quantitative estimate of drug-likeness (QED) is 0.583. The van der Waals surface area contributed by atoms with Crippen LogP contribution in [0, 0.1) is 15.9 Å². The molecule has 0 aromatic heterocycles. The molecule has 2 rings (SSSR count). The average molecular weight is 388 g/mol. The molecule has 1 atom stereocenters. The number of nitro groups is 1. The number of benzene rings is 2. The minimum Gasteiger partial charge on any atom is -0.373 e. The van der Waals surface area contributed by atoms with Crippen molar-refractivity contribution >= 4 is 33.0 Å². The number of hydrogen-bond donors (Lipinski definition) is 2. The van der Waals surface area contributed by atoms with Crippen LogP contribution in [0.1, 0.15) is 18.5 Å². The van der Waals surface area contributed by atoms with Crippen LogP contribution in [0.5, 0.6) is 0 Å². The number of halogens is 2. The molecule has 7 nitrogen and oxygen atoms in total. The summed E-state index contributed by atoms with van der Waals surface area (Å²) >= 11 is 6.00. The van der Waals surface area contributed by atoms with Gasteiger partial charge in [0.1, 0.15) is 11.5 Å². The Labute approximate surface area is 149 Å². The van der Waals surface area contributed by atoms with Gasteiger partial charge in [0, 0.05) is 11.1 Å². The minimum atomic E-state index is -3.81. The third kappa shape index (κ3) is 4.25. The van der Waals surface area contributed by atoms with Gasteiger partial charge in [0.05, 0.1) is 15.9 Å². The zero-order valence-corrected chi connectivity index (χ0v) is 14.9. The standard InChI is InChI=1S/C15H15ClFN3O4S/c1-9(12-5-3-10(17)7-13(12)16)19-14-6-4-11(25(23,24)18-2)8-15(14)20(21)22/h3-9,18-19H,1-2H3. The predicted molar refractivity (Wildman–Crippen MR) is 92.8 cm³/mol. The van der Waals surface area contributed by atoms with E-state index < -0.39 is 32.5 Å². The largest absolute Gasteiger partial charge is 0.373 e. The molecule has 1 unspecified atom stereocenters. The van der Waals surface area contributed by atoms with E-state index in [0.717, 1.165) is 12.1 Å². The van der Waals surface area contributed by atoms with E-state index in [2.05, 4.69) is 10.0 Å². The number of hydrogen-bond acceptors (Lipinski definition) is 5. The molecule has 0 saturated heterocycles. The van der Waals surface area contributed by atoms with Crippen molar-refractivity contribution < 1.29 is 17.7 Å². The normalized spacial score (nSPS) is 12.6. The fourth-order valence-corrected chi connectivity index (χ4v) is 3.31. The van der Waals surface area contributed by atoms with Crippen molar-refractivity contribution in [1.82, 2.24) is 4.72 Å². The van der Waals surface area contributed by atoms with Gasteiger partial charge in [0.25, 0.3) is 5.69 Å².